The highest BCUT2D eigenvalue weighted by molar-refractivity contribution is 5.84. The molecule has 0 amide bonds. The van der Waals surface area contributed by atoms with E-state index in [1.807, 2.05) is 0 Å². The Bertz CT molecular complexity index is 693. The molecule has 0 aromatic carbocycles. The van der Waals surface area contributed by atoms with E-state index >= 15 is 0 Å². The lowest BCUT2D eigenvalue weighted by Crippen LogP contribution is -2.33. The molecular formula is C12H19N7O4. The lowest BCUT2D eigenvalue weighted by atomic mass is 10.1. The van der Waals surface area contributed by atoms with Gasteiger partial charge in [-0.3, -0.25) is 4.57 Å². The first-order valence-electron chi connectivity index (χ1n) is 7.13. The third-order valence-corrected chi connectivity index (χ3v) is 3.67. The zero-order valence-corrected chi connectivity index (χ0v) is 12.2. The number of rotatable bonds is 5. The molecule has 8 N–H and O–H groups in total. The molecule has 1 saturated heterocycles. The van der Waals surface area contributed by atoms with Crippen molar-refractivity contribution in [2.24, 2.45) is 5.73 Å². The molecule has 1 unspecified atom stereocenters. The second-order valence-corrected chi connectivity index (χ2v) is 5.20. The lowest BCUT2D eigenvalue weighted by molar-refractivity contribution is -0.0511. The Morgan fingerprint density at radius 2 is 2.09 bits per heavy atom. The molecule has 1 aliphatic rings. The summed E-state index contributed by atoms with van der Waals surface area (Å²) in [5, 5.41) is 32.2. The summed E-state index contributed by atoms with van der Waals surface area (Å²) in [6, 6.07) is 0. The molecule has 1 aliphatic heterocycles. The van der Waals surface area contributed by atoms with Gasteiger partial charge in [-0.1, -0.05) is 0 Å². The smallest absolute Gasteiger partial charge is 0.224 e. The van der Waals surface area contributed by atoms with Crippen LogP contribution < -0.4 is 16.8 Å². The summed E-state index contributed by atoms with van der Waals surface area (Å²) in [5.41, 5.74) is 11.9. The van der Waals surface area contributed by atoms with E-state index in [-0.39, 0.29) is 5.95 Å². The van der Waals surface area contributed by atoms with Gasteiger partial charge in [0.25, 0.3) is 0 Å². The van der Waals surface area contributed by atoms with Gasteiger partial charge >= 0.3 is 0 Å². The molecule has 0 spiro atoms. The van der Waals surface area contributed by atoms with Crippen molar-refractivity contribution < 1.29 is 20.1 Å². The summed E-state index contributed by atoms with van der Waals surface area (Å²) in [5.74, 6) is 0.439. The monoisotopic (exact) mass is 325 g/mol. The first-order valence-corrected chi connectivity index (χ1v) is 7.13. The molecule has 2 aromatic rings. The van der Waals surface area contributed by atoms with Crippen molar-refractivity contribution in [1.29, 1.82) is 0 Å². The van der Waals surface area contributed by atoms with Gasteiger partial charge < -0.3 is 36.8 Å². The number of imidazole rings is 1. The molecular weight excluding hydrogens is 306 g/mol. The van der Waals surface area contributed by atoms with Gasteiger partial charge in [0.2, 0.25) is 5.95 Å². The number of nitrogens with one attached hydrogen (secondary N) is 1. The van der Waals surface area contributed by atoms with Crippen molar-refractivity contribution in [2.45, 2.75) is 24.5 Å². The molecule has 3 heterocycles. The molecule has 126 valence electrons. The van der Waals surface area contributed by atoms with Crippen molar-refractivity contribution in [1.82, 2.24) is 19.5 Å². The Balaban J connectivity index is 2.01. The van der Waals surface area contributed by atoms with Crippen LogP contribution in [0.5, 0.6) is 0 Å². The molecule has 11 heteroatoms. The van der Waals surface area contributed by atoms with Gasteiger partial charge in [-0.15, -0.1) is 0 Å². The molecule has 0 bridgehead atoms. The number of aliphatic hydroxyl groups is 3. The van der Waals surface area contributed by atoms with E-state index in [1.54, 1.807) is 0 Å². The number of aromatic nitrogens is 4. The summed E-state index contributed by atoms with van der Waals surface area (Å²) in [4.78, 5) is 12.4. The van der Waals surface area contributed by atoms with Gasteiger partial charge in [0, 0.05) is 13.1 Å². The minimum atomic E-state index is -1.24. The first-order chi connectivity index (χ1) is 11.1. The van der Waals surface area contributed by atoms with Gasteiger partial charge in [0.15, 0.2) is 23.2 Å². The Kier molecular flexibility index (Phi) is 4.28. The maximum Gasteiger partial charge on any atom is 0.224 e. The van der Waals surface area contributed by atoms with Gasteiger partial charge in [-0.25, -0.2) is 4.98 Å². The second-order valence-electron chi connectivity index (χ2n) is 5.20. The van der Waals surface area contributed by atoms with Crippen LogP contribution in [0.4, 0.5) is 11.8 Å². The van der Waals surface area contributed by atoms with Crippen molar-refractivity contribution in [2.75, 3.05) is 30.7 Å². The molecule has 1 fully saturated rings. The first kappa shape index (κ1) is 15.8. The molecule has 3 rings (SSSR count). The summed E-state index contributed by atoms with van der Waals surface area (Å²) in [7, 11) is 0. The maximum atomic E-state index is 10.1. The van der Waals surface area contributed by atoms with Gasteiger partial charge in [0.05, 0.1) is 12.9 Å². The average Bonchev–Trinajstić information content (AvgIpc) is 3.07. The SMILES string of the molecule is NCCNc1nc(N)nc2c1ncn2C1O[C@H](CO)[C@@H](O)[C@H]1O. The number of anilines is 2. The van der Waals surface area contributed by atoms with Crippen LogP contribution in [0.2, 0.25) is 0 Å². The lowest BCUT2D eigenvalue weighted by Gasteiger charge is -2.16. The predicted octanol–water partition coefficient (Wildman–Crippen LogP) is -2.61. The zero-order valence-electron chi connectivity index (χ0n) is 12.2. The Morgan fingerprint density at radius 3 is 2.74 bits per heavy atom. The number of hydrogen-bond donors (Lipinski definition) is 6. The van der Waals surface area contributed by atoms with E-state index < -0.39 is 31.1 Å². The van der Waals surface area contributed by atoms with Crippen LogP contribution in [-0.2, 0) is 4.74 Å². The number of fused-ring (bicyclic) bond motifs is 1. The number of nitrogens with two attached hydrogens (primary N) is 2. The van der Waals surface area contributed by atoms with Gasteiger partial charge in [-0.05, 0) is 0 Å². The number of hydrogen-bond acceptors (Lipinski definition) is 10. The molecule has 2 aromatic heterocycles. The highest BCUT2D eigenvalue weighted by Crippen LogP contribution is 2.32. The standard InChI is InChI=1S/C12H19N7O4/c13-1-2-15-9-6-10(18-12(14)17-9)19(4-16-6)11-8(22)7(21)5(3-20)23-11/h4-5,7-8,11,20-22H,1-3,13H2,(H3,14,15,17,18)/t5-,7-,8-,11?/m1/s1. The van der Waals surface area contributed by atoms with Crippen molar-refractivity contribution >= 4 is 22.9 Å². The van der Waals surface area contributed by atoms with Gasteiger partial charge in [-0.2, -0.15) is 9.97 Å². The fraction of sp³-hybridized carbons (Fsp3) is 0.583. The van der Waals surface area contributed by atoms with Crippen LogP contribution in [0.25, 0.3) is 11.2 Å². The topological polar surface area (TPSA) is 178 Å². The van der Waals surface area contributed by atoms with Crippen LogP contribution in [0.1, 0.15) is 6.23 Å². The number of aliphatic hydroxyl groups excluding tert-OH is 3. The molecule has 0 aliphatic carbocycles. The maximum absolute atomic E-state index is 10.1. The quantitative estimate of drug-likeness (QED) is 0.341. The minimum Gasteiger partial charge on any atom is -0.394 e. The normalized spacial score (nSPS) is 27.7. The average molecular weight is 325 g/mol. The van der Waals surface area contributed by atoms with E-state index in [9.17, 15) is 15.3 Å². The highest BCUT2D eigenvalue weighted by Gasteiger charge is 2.44. The van der Waals surface area contributed by atoms with Crippen LogP contribution >= 0.6 is 0 Å². The number of nitrogen functional groups attached to an aromatic ring is 1. The number of ether oxygens (including phenoxy) is 1. The van der Waals surface area contributed by atoms with E-state index in [1.165, 1.54) is 10.9 Å². The summed E-state index contributed by atoms with van der Waals surface area (Å²) >= 11 is 0. The molecule has 0 radical (unpaired) electrons. The van der Waals surface area contributed by atoms with Crippen molar-refractivity contribution in [3.05, 3.63) is 6.33 Å². The van der Waals surface area contributed by atoms with Gasteiger partial charge in [0.1, 0.15) is 18.3 Å². The fourth-order valence-corrected chi connectivity index (χ4v) is 2.54. The highest BCUT2D eigenvalue weighted by atomic mass is 16.6. The largest absolute Gasteiger partial charge is 0.394 e. The Morgan fingerprint density at radius 1 is 1.30 bits per heavy atom. The summed E-state index contributed by atoms with van der Waals surface area (Å²) in [6.45, 7) is 0.467. The van der Waals surface area contributed by atoms with Crippen LogP contribution in [0.3, 0.4) is 0 Å². The Hall–Kier alpha value is -2.05. The molecule has 11 nitrogen and oxygen atoms in total. The van der Waals surface area contributed by atoms with Crippen LogP contribution in [-0.4, -0.2) is 72.8 Å². The summed E-state index contributed by atoms with van der Waals surface area (Å²) in [6.07, 6.45) is -2.87. The molecule has 23 heavy (non-hydrogen) atoms. The second kappa shape index (κ2) is 6.22. The third kappa shape index (κ3) is 2.68. The predicted molar refractivity (Wildman–Crippen MR) is 80.3 cm³/mol. The van der Waals surface area contributed by atoms with Crippen LogP contribution in [0.15, 0.2) is 6.33 Å². The van der Waals surface area contributed by atoms with E-state index in [4.69, 9.17) is 16.2 Å². The summed E-state index contributed by atoms with van der Waals surface area (Å²) < 4.78 is 6.93. The van der Waals surface area contributed by atoms with Crippen molar-refractivity contribution in [3.8, 4) is 0 Å². The van der Waals surface area contributed by atoms with E-state index in [0.29, 0.717) is 30.1 Å². The Labute approximate surface area is 130 Å². The van der Waals surface area contributed by atoms with E-state index in [0.717, 1.165) is 0 Å². The molecule has 4 atom stereocenters. The van der Waals surface area contributed by atoms with Crippen LogP contribution in [0, 0.1) is 0 Å². The molecule has 0 saturated carbocycles. The minimum absolute atomic E-state index is 0.0190. The third-order valence-electron chi connectivity index (χ3n) is 3.67. The van der Waals surface area contributed by atoms with Crippen molar-refractivity contribution in [3.63, 3.8) is 0 Å². The fourth-order valence-electron chi connectivity index (χ4n) is 2.54. The van der Waals surface area contributed by atoms with E-state index in [2.05, 4.69) is 20.3 Å². The number of nitrogens with zero attached hydrogens (tertiary/aromatic N) is 4. The zero-order chi connectivity index (χ0) is 16.6.